The monoisotopic (exact) mass is 237 g/mol. The minimum atomic E-state index is 0.312. The molecule has 0 N–H and O–H groups in total. The van der Waals surface area contributed by atoms with Gasteiger partial charge >= 0.3 is 0 Å². The lowest BCUT2D eigenvalue weighted by atomic mass is 9.70. The van der Waals surface area contributed by atoms with Crippen molar-refractivity contribution in [2.45, 2.75) is 77.8 Å². The molecule has 0 spiro atoms. The molecular formula is C15H27NO. The van der Waals surface area contributed by atoms with Gasteiger partial charge in [0.25, 0.3) is 0 Å². The van der Waals surface area contributed by atoms with Crippen molar-refractivity contribution in [2.75, 3.05) is 0 Å². The first kappa shape index (κ1) is 12.9. The van der Waals surface area contributed by atoms with Crippen LogP contribution in [0.15, 0.2) is 0 Å². The Hall–Kier alpha value is -0.530. The standard InChI is InChI=1S/C15H27NO/c1-4-6-13-9-10-14-11(2)7-5-8-15(14)16(13)12(3)17/h11,13-15H,4-10H2,1-3H3/t11-,13-,14+,15-/m1/s1. The lowest BCUT2D eigenvalue weighted by Gasteiger charge is -2.50. The Morgan fingerprint density at radius 2 is 2.00 bits per heavy atom. The largest absolute Gasteiger partial charge is 0.337 e. The zero-order chi connectivity index (χ0) is 12.4. The molecule has 98 valence electrons. The van der Waals surface area contributed by atoms with Gasteiger partial charge in [-0.15, -0.1) is 0 Å². The summed E-state index contributed by atoms with van der Waals surface area (Å²) in [5.74, 6) is 1.91. The van der Waals surface area contributed by atoms with Gasteiger partial charge in [0.2, 0.25) is 5.91 Å². The third-order valence-electron chi connectivity index (χ3n) is 4.95. The normalized spacial score (nSPS) is 37.7. The van der Waals surface area contributed by atoms with Gasteiger partial charge < -0.3 is 4.90 Å². The first-order valence-electron chi connectivity index (χ1n) is 7.44. The number of hydrogen-bond acceptors (Lipinski definition) is 1. The molecule has 2 aliphatic rings. The van der Waals surface area contributed by atoms with Crippen LogP contribution in [-0.4, -0.2) is 22.9 Å². The molecule has 1 aliphatic heterocycles. The molecule has 2 rings (SSSR count). The fourth-order valence-corrected chi connectivity index (χ4v) is 4.18. The summed E-state index contributed by atoms with van der Waals surface area (Å²) in [6.07, 6.45) is 8.89. The van der Waals surface area contributed by atoms with Crippen LogP contribution in [0, 0.1) is 11.8 Å². The number of nitrogens with zero attached hydrogens (tertiary/aromatic N) is 1. The van der Waals surface area contributed by atoms with Gasteiger partial charge in [0.05, 0.1) is 0 Å². The summed E-state index contributed by atoms with van der Waals surface area (Å²) in [6.45, 7) is 6.38. The molecule has 2 nitrogen and oxygen atoms in total. The highest BCUT2D eigenvalue weighted by Crippen LogP contribution is 2.41. The van der Waals surface area contributed by atoms with Gasteiger partial charge in [-0.3, -0.25) is 4.79 Å². The number of fused-ring (bicyclic) bond motifs is 1. The van der Waals surface area contributed by atoms with Crippen molar-refractivity contribution in [3.05, 3.63) is 0 Å². The number of amides is 1. The van der Waals surface area contributed by atoms with Crippen LogP contribution in [0.25, 0.3) is 0 Å². The highest BCUT2D eigenvalue weighted by molar-refractivity contribution is 5.74. The van der Waals surface area contributed by atoms with Crippen LogP contribution < -0.4 is 0 Å². The predicted molar refractivity (Wildman–Crippen MR) is 70.7 cm³/mol. The molecule has 0 radical (unpaired) electrons. The van der Waals surface area contributed by atoms with Gasteiger partial charge in [-0.25, -0.2) is 0 Å². The van der Waals surface area contributed by atoms with Crippen molar-refractivity contribution in [3.8, 4) is 0 Å². The van der Waals surface area contributed by atoms with E-state index in [0.29, 0.717) is 18.0 Å². The minimum Gasteiger partial charge on any atom is -0.337 e. The van der Waals surface area contributed by atoms with Crippen LogP contribution in [0.3, 0.4) is 0 Å². The number of rotatable bonds is 2. The highest BCUT2D eigenvalue weighted by Gasteiger charge is 2.41. The van der Waals surface area contributed by atoms with Crippen LogP contribution in [0.4, 0.5) is 0 Å². The van der Waals surface area contributed by atoms with Crippen molar-refractivity contribution in [1.82, 2.24) is 4.90 Å². The number of likely N-dealkylation sites (tertiary alicyclic amines) is 1. The Morgan fingerprint density at radius 1 is 1.24 bits per heavy atom. The molecule has 1 saturated heterocycles. The second kappa shape index (κ2) is 5.41. The van der Waals surface area contributed by atoms with Crippen molar-refractivity contribution >= 4 is 5.91 Å². The molecule has 2 heteroatoms. The second-order valence-electron chi connectivity index (χ2n) is 6.09. The number of carbonyl (C=O) groups excluding carboxylic acids is 1. The first-order valence-corrected chi connectivity index (χ1v) is 7.44. The van der Waals surface area contributed by atoms with E-state index in [-0.39, 0.29) is 0 Å². The van der Waals surface area contributed by atoms with Crippen molar-refractivity contribution in [3.63, 3.8) is 0 Å². The highest BCUT2D eigenvalue weighted by atomic mass is 16.2. The Balaban J connectivity index is 2.15. The zero-order valence-corrected chi connectivity index (χ0v) is 11.6. The quantitative estimate of drug-likeness (QED) is 0.718. The first-order chi connectivity index (χ1) is 8.15. The predicted octanol–water partition coefficient (Wildman–Crippen LogP) is 3.60. The number of piperidine rings is 1. The van der Waals surface area contributed by atoms with E-state index in [0.717, 1.165) is 11.8 Å². The molecule has 4 atom stereocenters. The van der Waals surface area contributed by atoms with Crippen LogP contribution >= 0.6 is 0 Å². The molecule has 0 aromatic carbocycles. The zero-order valence-electron chi connectivity index (χ0n) is 11.6. The molecule has 1 heterocycles. The van der Waals surface area contributed by atoms with E-state index in [9.17, 15) is 4.79 Å². The maximum atomic E-state index is 12.0. The van der Waals surface area contributed by atoms with E-state index in [2.05, 4.69) is 18.7 Å². The Labute approximate surface area is 106 Å². The molecule has 17 heavy (non-hydrogen) atoms. The molecular weight excluding hydrogens is 210 g/mol. The molecule has 1 aliphatic carbocycles. The molecule has 2 fully saturated rings. The summed E-state index contributed by atoms with van der Waals surface area (Å²) in [6, 6.07) is 1.09. The number of hydrogen-bond donors (Lipinski definition) is 0. The lowest BCUT2D eigenvalue weighted by Crippen LogP contribution is -2.55. The van der Waals surface area contributed by atoms with E-state index >= 15 is 0 Å². The van der Waals surface area contributed by atoms with Gasteiger partial charge in [0.1, 0.15) is 0 Å². The Bertz CT molecular complexity index is 276. The fourth-order valence-electron chi connectivity index (χ4n) is 4.18. The van der Waals surface area contributed by atoms with Crippen LogP contribution in [0.5, 0.6) is 0 Å². The number of carbonyl (C=O) groups is 1. The second-order valence-corrected chi connectivity index (χ2v) is 6.09. The molecule has 0 unspecified atom stereocenters. The van der Waals surface area contributed by atoms with E-state index in [4.69, 9.17) is 0 Å². The third-order valence-corrected chi connectivity index (χ3v) is 4.95. The van der Waals surface area contributed by atoms with Crippen LogP contribution in [0.1, 0.15) is 65.7 Å². The minimum absolute atomic E-state index is 0.312. The maximum Gasteiger partial charge on any atom is 0.219 e. The third kappa shape index (κ3) is 2.51. The smallest absolute Gasteiger partial charge is 0.219 e. The van der Waals surface area contributed by atoms with E-state index < -0.39 is 0 Å². The Morgan fingerprint density at radius 3 is 2.65 bits per heavy atom. The van der Waals surface area contributed by atoms with Gasteiger partial charge in [0.15, 0.2) is 0 Å². The maximum absolute atomic E-state index is 12.0. The summed E-state index contributed by atoms with van der Waals surface area (Å²) < 4.78 is 0. The molecule has 1 saturated carbocycles. The van der Waals surface area contributed by atoms with E-state index in [1.54, 1.807) is 6.92 Å². The summed E-state index contributed by atoms with van der Waals surface area (Å²) in [5.41, 5.74) is 0. The average Bonchev–Trinajstić information content (AvgIpc) is 2.29. The van der Waals surface area contributed by atoms with Gasteiger partial charge in [0, 0.05) is 19.0 Å². The lowest BCUT2D eigenvalue weighted by molar-refractivity contribution is -0.140. The molecule has 0 aromatic heterocycles. The summed E-state index contributed by atoms with van der Waals surface area (Å²) in [4.78, 5) is 14.2. The van der Waals surface area contributed by atoms with Gasteiger partial charge in [-0.2, -0.15) is 0 Å². The van der Waals surface area contributed by atoms with Crippen molar-refractivity contribution < 1.29 is 4.79 Å². The fraction of sp³-hybridized carbons (Fsp3) is 0.933. The molecule has 0 aromatic rings. The summed E-state index contributed by atoms with van der Waals surface area (Å²) in [7, 11) is 0. The average molecular weight is 237 g/mol. The van der Waals surface area contributed by atoms with Crippen LogP contribution in [-0.2, 0) is 4.79 Å². The summed E-state index contributed by atoms with van der Waals surface area (Å²) in [5, 5.41) is 0. The van der Waals surface area contributed by atoms with Crippen molar-refractivity contribution in [2.24, 2.45) is 11.8 Å². The summed E-state index contributed by atoms with van der Waals surface area (Å²) >= 11 is 0. The molecule has 1 amide bonds. The van der Waals surface area contributed by atoms with Crippen LogP contribution in [0.2, 0.25) is 0 Å². The van der Waals surface area contributed by atoms with Crippen molar-refractivity contribution in [1.29, 1.82) is 0 Å². The van der Waals surface area contributed by atoms with E-state index in [1.807, 2.05) is 0 Å². The topological polar surface area (TPSA) is 20.3 Å². The van der Waals surface area contributed by atoms with Gasteiger partial charge in [-0.05, 0) is 37.5 Å². The van der Waals surface area contributed by atoms with Gasteiger partial charge in [-0.1, -0.05) is 33.1 Å². The van der Waals surface area contributed by atoms with E-state index in [1.165, 1.54) is 44.9 Å². The Kier molecular flexibility index (Phi) is 4.11. The SMILES string of the molecule is CCC[C@@H]1CC[C@H]2[C@H](C)CCC[C@H]2N1C(C)=O. The molecule has 0 bridgehead atoms.